The van der Waals surface area contributed by atoms with Gasteiger partial charge >= 0.3 is 0 Å². The van der Waals surface area contributed by atoms with Crippen molar-refractivity contribution < 1.29 is 34.4 Å². The molecule has 23 heavy (non-hydrogen) atoms. The van der Waals surface area contributed by atoms with Crippen LogP contribution in [-0.2, 0) is 30.1 Å². The van der Waals surface area contributed by atoms with Crippen molar-refractivity contribution in [1.82, 2.24) is 0 Å². The van der Waals surface area contributed by atoms with Crippen LogP contribution in [0.15, 0.2) is 45.0 Å². The Kier molecular flexibility index (Phi) is 4.28. The summed E-state index contributed by atoms with van der Waals surface area (Å²) in [6.45, 7) is 1.35. The van der Waals surface area contributed by atoms with Crippen LogP contribution in [0, 0.1) is 0 Å². The van der Waals surface area contributed by atoms with E-state index in [4.69, 9.17) is 9.11 Å². The van der Waals surface area contributed by atoms with E-state index < -0.39 is 39.9 Å². The Morgan fingerprint density at radius 2 is 1.35 bits per heavy atom. The average Bonchev–Trinajstić information content (AvgIpc) is 2.43. The largest absolute Gasteiger partial charge is 0.294 e. The fourth-order valence-corrected chi connectivity index (χ4v) is 4.28. The van der Waals surface area contributed by atoms with Gasteiger partial charge in [0.1, 0.15) is 0 Å². The van der Waals surface area contributed by atoms with Gasteiger partial charge in [0.25, 0.3) is 20.2 Å². The molecule has 0 amide bonds. The van der Waals surface area contributed by atoms with E-state index in [1.807, 2.05) is 0 Å². The van der Waals surface area contributed by atoms with Crippen molar-refractivity contribution in [3.05, 3.63) is 30.3 Å². The molecule has 0 atom stereocenters. The van der Waals surface area contributed by atoms with E-state index in [2.05, 4.69) is 0 Å². The molecule has 0 aromatic heterocycles. The SMILES string of the molecule is CCS(=O)(=O)c1cc(S(=O)(=O)O)cc2cc(S(=O)(=O)O)ccc12. The monoisotopic (exact) mass is 380 g/mol. The number of rotatable bonds is 4. The van der Waals surface area contributed by atoms with Crippen LogP contribution in [0.25, 0.3) is 10.8 Å². The lowest BCUT2D eigenvalue weighted by Gasteiger charge is -2.10. The first-order valence-corrected chi connectivity index (χ1v) is 10.6. The molecule has 2 rings (SSSR count). The quantitative estimate of drug-likeness (QED) is 0.751. The maximum atomic E-state index is 12.1. The Balaban J connectivity index is 3.01. The van der Waals surface area contributed by atoms with Crippen LogP contribution >= 0.6 is 0 Å². The van der Waals surface area contributed by atoms with Gasteiger partial charge < -0.3 is 0 Å². The van der Waals surface area contributed by atoms with Crippen LogP contribution in [0.4, 0.5) is 0 Å². The van der Waals surface area contributed by atoms with Gasteiger partial charge in [-0.05, 0) is 29.7 Å². The summed E-state index contributed by atoms with van der Waals surface area (Å²) in [6.07, 6.45) is 0. The minimum atomic E-state index is -4.71. The summed E-state index contributed by atoms with van der Waals surface area (Å²) < 4.78 is 87.4. The summed E-state index contributed by atoms with van der Waals surface area (Å²) in [5, 5.41) is 0.00826. The fourth-order valence-electron chi connectivity index (χ4n) is 2.01. The molecule has 0 aliphatic carbocycles. The molecule has 0 fully saturated rings. The minimum absolute atomic E-state index is 0.0673. The molecule has 0 aliphatic rings. The van der Waals surface area contributed by atoms with E-state index in [1.165, 1.54) is 6.92 Å². The molecule has 0 heterocycles. The van der Waals surface area contributed by atoms with Crippen LogP contribution in [0.1, 0.15) is 6.92 Å². The third kappa shape index (κ3) is 3.53. The van der Waals surface area contributed by atoms with Gasteiger partial charge in [0.2, 0.25) is 0 Å². The molecular formula is C12H12O8S3. The highest BCUT2D eigenvalue weighted by atomic mass is 32.2. The molecule has 2 N–H and O–H groups in total. The summed E-state index contributed by atoms with van der Waals surface area (Å²) >= 11 is 0. The van der Waals surface area contributed by atoms with Gasteiger partial charge in [-0.2, -0.15) is 16.8 Å². The predicted molar refractivity (Wildman–Crippen MR) is 81.3 cm³/mol. The summed E-state index contributed by atoms with van der Waals surface area (Å²) in [4.78, 5) is -1.58. The highest BCUT2D eigenvalue weighted by Crippen LogP contribution is 2.29. The fraction of sp³-hybridized carbons (Fsp3) is 0.167. The van der Waals surface area contributed by atoms with Gasteiger partial charge in [-0.1, -0.05) is 13.0 Å². The van der Waals surface area contributed by atoms with Gasteiger partial charge in [0.15, 0.2) is 9.84 Å². The van der Waals surface area contributed by atoms with Gasteiger partial charge in [0.05, 0.1) is 20.4 Å². The number of benzene rings is 2. The Labute approximate surface area is 133 Å². The Bertz CT molecular complexity index is 1090. The zero-order valence-electron chi connectivity index (χ0n) is 11.7. The van der Waals surface area contributed by atoms with Gasteiger partial charge in [0, 0.05) is 5.39 Å². The van der Waals surface area contributed by atoms with Gasteiger partial charge in [-0.15, -0.1) is 0 Å². The first-order valence-electron chi connectivity index (χ1n) is 6.12. The van der Waals surface area contributed by atoms with Crippen LogP contribution in [0.2, 0.25) is 0 Å². The molecular weight excluding hydrogens is 368 g/mol. The topological polar surface area (TPSA) is 143 Å². The highest BCUT2D eigenvalue weighted by molar-refractivity contribution is 7.91. The van der Waals surface area contributed by atoms with E-state index in [0.29, 0.717) is 0 Å². The molecule has 2 aromatic rings. The molecule has 2 aromatic carbocycles. The van der Waals surface area contributed by atoms with Gasteiger partial charge in [-0.25, -0.2) is 8.42 Å². The lowest BCUT2D eigenvalue weighted by Crippen LogP contribution is -2.08. The van der Waals surface area contributed by atoms with Crippen molar-refractivity contribution in [2.45, 2.75) is 21.6 Å². The number of hydrogen-bond donors (Lipinski definition) is 2. The Hall–Kier alpha value is -1.53. The highest BCUT2D eigenvalue weighted by Gasteiger charge is 2.22. The molecule has 0 saturated heterocycles. The van der Waals surface area contributed by atoms with Gasteiger partial charge in [-0.3, -0.25) is 9.11 Å². The molecule has 0 bridgehead atoms. The minimum Gasteiger partial charge on any atom is -0.282 e. The van der Waals surface area contributed by atoms with Crippen LogP contribution in [-0.4, -0.2) is 40.1 Å². The van der Waals surface area contributed by atoms with Crippen molar-refractivity contribution in [3.63, 3.8) is 0 Å². The summed E-state index contributed by atoms with van der Waals surface area (Å²) in [7, 11) is -13.1. The zero-order chi connectivity index (χ0) is 17.6. The average molecular weight is 380 g/mol. The Morgan fingerprint density at radius 3 is 1.83 bits per heavy atom. The predicted octanol–water partition coefficient (Wildman–Crippen LogP) is 1.13. The van der Waals surface area contributed by atoms with E-state index in [1.54, 1.807) is 0 Å². The first kappa shape index (κ1) is 17.8. The second-order valence-corrected chi connectivity index (χ2v) is 9.75. The first-order chi connectivity index (χ1) is 10.4. The molecule has 126 valence electrons. The number of sulfone groups is 1. The maximum absolute atomic E-state index is 12.1. The molecule has 0 saturated carbocycles. The van der Waals surface area contributed by atoms with E-state index >= 15 is 0 Å². The maximum Gasteiger partial charge on any atom is 0.294 e. The van der Waals surface area contributed by atoms with Crippen molar-refractivity contribution in [3.8, 4) is 0 Å². The van der Waals surface area contributed by atoms with Crippen molar-refractivity contribution >= 4 is 40.8 Å². The van der Waals surface area contributed by atoms with Crippen LogP contribution < -0.4 is 0 Å². The number of fused-ring (bicyclic) bond motifs is 1. The summed E-state index contributed by atoms with van der Waals surface area (Å²) in [6, 6.07) is 4.81. The third-order valence-corrected chi connectivity index (χ3v) is 6.62. The smallest absolute Gasteiger partial charge is 0.282 e. The van der Waals surface area contributed by atoms with Crippen molar-refractivity contribution in [2.75, 3.05) is 5.75 Å². The zero-order valence-corrected chi connectivity index (χ0v) is 14.1. The molecule has 0 radical (unpaired) electrons. The normalized spacial score (nSPS) is 13.3. The van der Waals surface area contributed by atoms with E-state index in [9.17, 15) is 25.3 Å². The Morgan fingerprint density at radius 1 is 0.826 bits per heavy atom. The molecule has 0 spiro atoms. The standard InChI is InChI=1S/C12H12O8S3/c1-2-21(13,14)12-7-10(23(18,19)20)6-8-5-9(22(15,16)17)3-4-11(8)12/h3-7H,2H2,1H3,(H,15,16,17)(H,18,19,20). The summed E-state index contributed by atoms with van der Waals surface area (Å²) in [5.41, 5.74) is 0. The number of hydrogen-bond acceptors (Lipinski definition) is 6. The van der Waals surface area contributed by atoms with Crippen LogP contribution in [0.3, 0.4) is 0 Å². The van der Waals surface area contributed by atoms with Crippen molar-refractivity contribution in [2.24, 2.45) is 0 Å². The van der Waals surface area contributed by atoms with Crippen LogP contribution in [0.5, 0.6) is 0 Å². The second kappa shape index (κ2) is 5.53. The molecule has 11 heteroatoms. The second-order valence-electron chi connectivity index (χ2n) is 4.66. The van der Waals surface area contributed by atoms with E-state index in [0.717, 1.165) is 30.3 Å². The lowest BCUT2D eigenvalue weighted by molar-refractivity contribution is 0.481. The van der Waals surface area contributed by atoms with Crippen molar-refractivity contribution in [1.29, 1.82) is 0 Å². The molecule has 0 unspecified atom stereocenters. The molecule has 0 aliphatic heterocycles. The third-order valence-electron chi connectivity index (χ3n) is 3.17. The molecule has 8 nitrogen and oxygen atoms in total. The summed E-state index contributed by atoms with van der Waals surface area (Å²) in [5.74, 6) is -0.322. The lowest BCUT2D eigenvalue weighted by atomic mass is 10.1. The van der Waals surface area contributed by atoms with E-state index in [-0.39, 0.29) is 21.4 Å².